The Hall–Kier alpha value is -8.09. The molecule has 3 rings (SSSR count). The van der Waals surface area contributed by atoms with Gasteiger partial charge in [-0.1, -0.05) is 69.3 Å². The number of amides is 12. The maximum absolute atomic E-state index is 13.5. The molecule has 0 aliphatic heterocycles. The van der Waals surface area contributed by atoms with E-state index in [-0.39, 0.29) is 38.1 Å². The van der Waals surface area contributed by atoms with E-state index in [0.29, 0.717) is 5.56 Å². The number of hydrogen-bond acceptors (Lipinski definition) is 12. The Morgan fingerprint density at radius 1 is 0.671 bits per heavy atom. The Labute approximate surface area is 403 Å². The van der Waals surface area contributed by atoms with Crippen molar-refractivity contribution in [3.63, 3.8) is 0 Å². The van der Waals surface area contributed by atoms with Crippen molar-refractivity contribution in [1.82, 2.24) is 58.0 Å². The summed E-state index contributed by atoms with van der Waals surface area (Å²) in [6.07, 6.45) is 0.252. The molecular weight excluding hydrogens is 915 g/mol. The lowest BCUT2D eigenvalue weighted by molar-refractivity contribution is -0.138. The van der Waals surface area contributed by atoms with Gasteiger partial charge < -0.3 is 63.7 Å². The normalized spacial score (nSPS) is 12.9. The second-order valence-electron chi connectivity index (χ2n) is 16.6. The second-order valence-corrected chi connectivity index (χ2v) is 16.6. The molecule has 25 nitrogen and oxygen atoms in total. The molecule has 70 heavy (non-hydrogen) atoms. The highest BCUT2D eigenvalue weighted by Gasteiger charge is 2.29. The highest BCUT2D eigenvalue weighted by molar-refractivity contribution is 5.97. The number of nitrogens with zero attached hydrogens (tertiary/aromatic N) is 1. The molecule has 0 bridgehead atoms. The Bertz CT molecular complexity index is 2340. The van der Waals surface area contributed by atoms with Gasteiger partial charge in [-0.15, -0.1) is 0 Å². The lowest BCUT2D eigenvalue weighted by atomic mass is 10.0. The predicted molar refractivity (Wildman–Crippen MR) is 252 cm³/mol. The molecule has 25 heteroatoms. The van der Waals surface area contributed by atoms with E-state index in [0.717, 1.165) is 21.4 Å². The Morgan fingerprint density at radius 2 is 1.27 bits per heavy atom. The molecule has 5 atom stereocenters. The van der Waals surface area contributed by atoms with Crippen LogP contribution in [-0.4, -0.2) is 143 Å². The number of aromatic amines is 1. The van der Waals surface area contributed by atoms with E-state index in [2.05, 4.69) is 53.1 Å². The molecule has 0 unspecified atom stereocenters. The van der Waals surface area contributed by atoms with Gasteiger partial charge in [-0.3, -0.25) is 53.4 Å². The highest BCUT2D eigenvalue weighted by atomic mass is 16.3. The third-order valence-corrected chi connectivity index (χ3v) is 10.3. The number of para-hydroxylation sites is 1. The summed E-state index contributed by atoms with van der Waals surface area (Å²) in [6.45, 7) is 3.57. The number of primary amides is 2. The Balaban J connectivity index is 1.60. The van der Waals surface area contributed by atoms with Crippen molar-refractivity contribution in [3.8, 4) is 0 Å². The molecule has 0 saturated heterocycles. The molecule has 0 spiro atoms. The minimum atomic E-state index is -1.62. The van der Waals surface area contributed by atoms with Gasteiger partial charge in [0, 0.05) is 43.4 Å². The van der Waals surface area contributed by atoms with Crippen molar-refractivity contribution >= 4 is 76.0 Å². The van der Waals surface area contributed by atoms with E-state index in [4.69, 9.17) is 11.5 Å². The van der Waals surface area contributed by atoms with Crippen LogP contribution in [0.25, 0.3) is 10.9 Å². The number of nitrogens with one attached hydrogen (secondary N) is 10. The molecule has 0 saturated carbocycles. The largest absolute Gasteiger partial charge is 0.391 e. The van der Waals surface area contributed by atoms with Crippen molar-refractivity contribution in [2.75, 3.05) is 32.7 Å². The first-order valence-electron chi connectivity index (χ1n) is 22.3. The number of carbonyl (C=O) groups is 11. The molecule has 0 radical (unpaired) electrons. The maximum atomic E-state index is 13.5. The van der Waals surface area contributed by atoms with Gasteiger partial charge in [-0.2, -0.15) is 0 Å². The van der Waals surface area contributed by atoms with Crippen LogP contribution in [0, 0.1) is 5.92 Å². The molecule has 0 fully saturated rings. The van der Waals surface area contributed by atoms with Crippen LogP contribution in [0.1, 0.15) is 58.1 Å². The van der Waals surface area contributed by atoms with Gasteiger partial charge in [-0.25, -0.2) is 10.2 Å². The number of urea groups is 1. The number of benzene rings is 2. The summed E-state index contributed by atoms with van der Waals surface area (Å²) in [4.78, 5) is 144. The minimum absolute atomic E-state index is 0.0812. The fraction of sp³-hybridized carbons (Fsp3) is 0.444. The van der Waals surface area contributed by atoms with Crippen LogP contribution in [-0.2, 0) is 60.8 Å². The summed E-state index contributed by atoms with van der Waals surface area (Å²) < 4.78 is 0. The summed E-state index contributed by atoms with van der Waals surface area (Å²) in [5.41, 5.74) is 17.4. The van der Waals surface area contributed by atoms with Crippen LogP contribution < -0.4 is 59.5 Å². The van der Waals surface area contributed by atoms with Gasteiger partial charge >= 0.3 is 6.03 Å². The predicted octanol–water partition coefficient (Wildman–Crippen LogP) is -3.52. The molecule has 2 aromatic carbocycles. The first-order chi connectivity index (χ1) is 33.1. The van der Waals surface area contributed by atoms with E-state index in [9.17, 15) is 57.8 Å². The smallest absolute Gasteiger partial charge is 0.334 e. The van der Waals surface area contributed by atoms with E-state index < -0.39 is 128 Å². The van der Waals surface area contributed by atoms with Crippen molar-refractivity contribution in [3.05, 3.63) is 71.9 Å². The number of aliphatic hydroxyl groups excluding tert-OH is 1. The number of rotatable bonds is 27. The molecule has 0 aliphatic rings. The van der Waals surface area contributed by atoms with Gasteiger partial charge in [-0.05, 0) is 36.0 Å². The first kappa shape index (κ1) is 56.2. The van der Waals surface area contributed by atoms with E-state index in [1.165, 1.54) is 6.92 Å². The average Bonchev–Trinajstić information content (AvgIpc) is 3.72. The van der Waals surface area contributed by atoms with Gasteiger partial charge in [0.25, 0.3) is 5.91 Å². The third kappa shape index (κ3) is 20.0. The zero-order valence-corrected chi connectivity index (χ0v) is 39.3. The van der Waals surface area contributed by atoms with Crippen LogP contribution in [0.5, 0.6) is 0 Å². The lowest BCUT2D eigenvalue weighted by Gasteiger charge is -2.26. The number of hydrazine groups is 1. The van der Waals surface area contributed by atoms with Gasteiger partial charge in [0.1, 0.15) is 24.2 Å². The first-order valence-corrected chi connectivity index (χ1v) is 22.3. The number of H-pyrrole nitrogens is 1. The topological polar surface area (TPSA) is 387 Å². The van der Waals surface area contributed by atoms with Crippen molar-refractivity contribution in [2.45, 2.75) is 90.1 Å². The monoisotopic (exact) mass is 977 g/mol. The van der Waals surface area contributed by atoms with Gasteiger partial charge in [0.2, 0.25) is 53.2 Å². The Kier molecular flexibility index (Phi) is 22.7. The van der Waals surface area contributed by atoms with Crippen LogP contribution in [0.3, 0.4) is 0 Å². The minimum Gasteiger partial charge on any atom is -0.391 e. The summed E-state index contributed by atoms with van der Waals surface area (Å²) in [5, 5.41) is 27.7. The molecular formula is C45H63N13O12. The number of fused-ring (bicyclic) bond motifs is 1. The SMILES string of the molecule is CC[C@@H](O)CN(CC(=O)N[C@@H](CC(N)=O)C(=O)NCC(=O)N[C@@H](Cc1ccccc1)C(=O)NNC(=O)N[C@@H](CC(C)C)C(=O)NCC(=O)N[C@@H](Cc1c[nH]c2ccccc12)C(N)=O)C(=O)CNC(C)=O. The lowest BCUT2D eigenvalue weighted by Crippen LogP contribution is -2.59. The number of nitrogens with two attached hydrogens (primary N) is 2. The van der Waals surface area contributed by atoms with Crippen molar-refractivity contribution in [1.29, 1.82) is 0 Å². The molecule has 12 amide bonds. The third-order valence-electron chi connectivity index (χ3n) is 10.3. The number of aromatic nitrogens is 1. The molecule has 1 aromatic heterocycles. The van der Waals surface area contributed by atoms with Crippen molar-refractivity contribution in [2.24, 2.45) is 17.4 Å². The van der Waals surface area contributed by atoms with Crippen LogP contribution >= 0.6 is 0 Å². The van der Waals surface area contributed by atoms with Crippen LogP contribution in [0.4, 0.5) is 4.79 Å². The molecule has 0 aliphatic carbocycles. The summed E-state index contributed by atoms with van der Waals surface area (Å²) in [6, 6.07) is 9.43. The number of carbonyl (C=O) groups excluding carboxylic acids is 11. The van der Waals surface area contributed by atoms with E-state index in [1.54, 1.807) is 57.3 Å². The summed E-state index contributed by atoms with van der Waals surface area (Å²) >= 11 is 0. The summed E-state index contributed by atoms with van der Waals surface area (Å²) in [7, 11) is 0. The second kappa shape index (κ2) is 28.3. The highest BCUT2D eigenvalue weighted by Crippen LogP contribution is 2.19. The van der Waals surface area contributed by atoms with E-state index >= 15 is 0 Å². The fourth-order valence-corrected chi connectivity index (χ4v) is 6.75. The molecule has 15 N–H and O–H groups in total. The Morgan fingerprint density at radius 3 is 1.87 bits per heavy atom. The van der Waals surface area contributed by atoms with E-state index in [1.807, 2.05) is 24.3 Å². The van der Waals surface area contributed by atoms with Gasteiger partial charge in [0.05, 0.1) is 38.7 Å². The molecule has 3 aromatic rings. The zero-order chi connectivity index (χ0) is 51.9. The zero-order valence-electron chi connectivity index (χ0n) is 39.3. The number of aliphatic hydroxyl groups is 1. The quantitative estimate of drug-likeness (QED) is 0.0331. The van der Waals surface area contributed by atoms with Crippen LogP contribution in [0.2, 0.25) is 0 Å². The van der Waals surface area contributed by atoms with Gasteiger partial charge in [0.15, 0.2) is 0 Å². The fourth-order valence-electron chi connectivity index (χ4n) is 6.75. The number of hydrogen-bond donors (Lipinski definition) is 13. The van der Waals surface area contributed by atoms with Crippen LogP contribution in [0.15, 0.2) is 60.8 Å². The summed E-state index contributed by atoms with van der Waals surface area (Å²) in [5.74, 6) is -8.48. The average molecular weight is 978 g/mol. The molecule has 380 valence electrons. The standard InChI is InChI=1S/C45H63N13O12/c1-5-29(60)23-58(40(65)22-48-26(4)59)24-39(64)54-35(18-36(46)61)43(68)51-21-38(63)53-34(16-27-11-7-6-8-12-27)44(69)56-57-45(70)55-33(15-25(2)3)42(67)50-20-37(62)52-32(41(47)66)17-28-19-49-31-14-10-9-13-30(28)31/h6-14,19,25,29,32-35,49,60H,5,15-18,20-24H2,1-4H3,(H2,46,61)(H2,47,66)(H,48,59)(H,50,67)(H,51,68)(H,52,62)(H,53,63)(H,54,64)(H,56,69)(H2,55,57,70)/t29-,32+,33+,34+,35+/m1/s1. The van der Waals surface area contributed by atoms with Crippen molar-refractivity contribution < 1.29 is 57.8 Å². The maximum Gasteiger partial charge on any atom is 0.334 e. The molecule has 1 heterocycles.